The van der Waals surface area contributed by atoms with Gasteiger partial charge in [-0.3, -0.25) is 9.36 Å². The highest BCUT2D eigenvalue weighted by Crippen LogP contribution is 2.27. The van der Waals surface area contributed by atoms with E-state index >= 15 is 0 Å². The summed E-state index contributed by atoms with van der Waals surface area (Å²) in [6, 6.07) is 7.79. The Morgan fingerprint density at radius 2 is 2.07 bits per heavy atom. The topological polar surface area (TPSA) is 69.0 Å². The third-order valence-corrected chi connectivity index (χ3v) is 6.13. The molecule has 1 fully saturated rings. The van der Waals surface area contributed by atoms with Gasteiger partial charge >= 0.3 is 0 Å². The molecule has 1 atom stereocenters. The van der Waals surface area contributed by atoms with Crippen LogP contribution >= 0.6 is 23.4 Å². The number of hydrogen-bond acceptors (Lipinski definition) is 5. The fourth-order valence-corrected chi connectivity index (χ4v) is 4.14. The number of halogens is 1. The van der Waals surface area contributed by atoms with Crippen molar-refractivity contribution >= 4 is 29.3 Å². The number of nitrogens with one attached hydrogen (secondary N) is 1. The first kappa shape index (κ1) is 21.1. The molecule has 0 saturated carbocycles. The molecule has 2 heterocycles. The average Bonchev–Trinajstić information content (AvgIpc) is 3.36. The molecular formula is C20H27ClN4O2S. The van der Waals surface area contributed by atoms with E-state index in [1.807, 2.05) is 24.3 Å². The van der Waals surface area contributed by atoms with Gasteiger partial charge in [-0.25, -0.2) is 0 Å². The number of ether oxygens (including phenoxy) is 1. The van der Waals surface area contributed by atoms with Crippen LogP contribution in [0.25, 0.3) is 11.4 Å². The van der Waals surface area contributed by atoms with Gasteiger partial charge in [0.2, 0.25) is 5.91 Å². The molecule has 0 bridgehead atoms. The van der Waals surface area contributed by atoms with Crippen molar-refractivity contribution in [2.75, 3.05) is 12.4 Å². The number of hydrogen-bond donors (Lipinski definition) is 1. The lowest BCUT2D eigenvalue weighted by Gasteiger charge is -2.16. The summed E-state index contributed by atoms with van der Waals surface area (Å²) in [5.41, 5.74) is 0.947. The monoisotopic (exact) mass is 422 g/mol. The zero-order valence-electron chi connectivity index (χ0n) is 16.4. The SMILES string of the molecule is CCC(CC)NC(=O)CSc1nnc(-c2ccc(Cl)cc2)n1C[C@H]1CCCO1. The maximum Gasteiger partial charge on any atom is 0.230 e. The van der Waals surface area contributed by atoms with Crippen molar-refractivity contribution in [1.82, 2.24) is 20.1 Å². The number of amides is 1. The molecule has 1 saturated heterocycles. The van der Waals surface area contributed by atoms with E-state index in [0.717, 1.165) is 48.8 Å². The van der Waals surface area contributed by atoms with Crippen LogP contribution in [0, 0.1) is 0 Å². The lowest BCUT2D eigenvalue weighted by atomic mass is 10.2. The van der Waals surface area contributed by atoms with Gasteiger partial charge in [-0.2, -0.15) is 0 Å². The van der Waals surface area contributed by atoms with Gasteiger partial charge in [0, 0.05) is 23.2 Å². The second kappa shape index (κ2) is 10.3. The third kappa shape index (κ3) is 5.49. The van der Waals surface area contributed by atoms with E-state index in [2.05, 4.69) is 33.9 Å². The van der Waals surface area contributed by atoms with Crippen molar-refractivity contribution in [3.05, 3.63) is 29.3 Å². The van der Waals surface area contributed by atoms with Crippen molar-refractivity contribution in [3.63, 3.8) is 0 Å². The lowest BCUT2D eigenvalue weighted by Crippen LogP contribution is -2.35. The fourth-order valence-electron chi connectivity index (χ4n) is 3.26. The summed E-state index contributed by atoms with van der Waals surface area (Å²) < 4.78 is 7.88. The van der Waals surface area contributed by atoms with Crippen molar-refractivity contribution in [2.45, 2.75) is 63.4 Å². The standard InChI is InChI=1S/C20H27ClN4O2S/c1-3-16(4-2)22-18(26)13-28-20-24-23-19(14-7-9-15(21)10-8-14)25(20)12-17-6-5-11-27-17/h7-10,16-17H,3-6,11-13H2,1-2H3,(H,22,26)/t17-/m1/s1. The van der Waals surface area contributed by atoms with Crippen LogP contribution in [0.3, 0.4) is 0 Å². The van der Waals surface area contributed by atoms with Gasteiger partial charge in [-0.1, -0.05) is 37.2 Å². The molecule has 1 aromatic heterocycles. The number of thioether (sulfide) groups is 1. The molecule has 0 spiro atoms. The highest BCUT2D eigenvalue weighted by atomic mass is 35.5. The Labute approximate surface area is 175 Å². The molecule has 0 radical (unpaired) electrons. The van der Waals surface area contributed by atoms with Crippen molar-refractivity contribution in [3.8, 4) is 11.4 Å². The van der Waals surface area contributed by atoms with Gasteiger partial charge < -0.3 is 10.1 Å². The molecule has 1 N–H and O–H groups in total. The molecule has 0 unspecified atom stereocenters. The Morgan fingerprint density at radius 1 is 1.32 bits per heavy atom. The second-order valence-electron chi connectivity index (χ2n) is 6.93. The summed E-state index contributed by atoms with van der Waals surface area (Å²) in [5.74, 6) is 1.12. The zero-order chi connectivity index (χ0) is 19.9. The molecule has 2 aromatic rings. The summed E-state index contributed by atoms with van der Waals surface area (Å²) in [4.78, 5) is 12.3. The molecule has 0 aliphatic carbocycles. The first-order chi connectivity index (χ1) is 13.6. The van der Waals surface area contributed by atoms with Crippen molar-refractivity contribution < 1.29 is 9.53 Å². The van der Waals surface area contributed by atoms with Gasteiger partial charge in [0.25, 0.3) is 0 Å². The number of benzene rings is 1. The number of nitrogens with zero attached hydrogens (tertiary/aromatic N) is 3. The number of carbonyl (C=O) groups is 1. The van der Waals surface area contributed by atoms with Crippen LogP contribution in [0.2, 0.25) is 5.02 Å². The smallest absolute Gasteiger partial charge is 0.230 e. The Morgan fingerprint density at radius 3 is 2.71 bits per heavy atom. The Kier molecular flexibility index (Phi) is 7.76. The maximum absolute atomic E-state index is 12.3. The Balaban J connectivity index is 1.76. The number of rotatable bonds is 9. The highest BCUT2D eigenvalue weighted by Gasteiger charge is 2.22. The van der Waals surface area contributed by atoms with Crippen molar-refractivity contribution in [2.24, 2.45) is 0 Å². The minimum Gasteiger partial charge on any atom is -0.376 e. The normalized spacial score (nSPS) is 16.6. The minimum atomic E-state index is 0.0263. The molecule has 1 amide bonds. The lowest BCUT2D eigenvalue weighted by molar-refractivity contribution is -0.119. The van der Waals surface area contributed by atoms with E-state index < -0.39 is 0 Å². The minimum absolute atomic E-state index is 0.0263. The molecule has 6 nitrogen and oxygen atoms in total. The van der Waals surface area contributed by atoms with Crippen LogP contribution in [-0.2, 0) is 16.1 Å². The number of carbonyl (C=O) groups excluding carboxylic acids is 1. The van der Waals surface area contributed by atoms with Gasteiger partial charge in [-0.05, 0) is 49.9 Å². The van der Waals surface area contributed by atoms with E-state index in [1.54, 1.807) is 0 Å². The first-order valence-corrected chi connectivity index (χ1v) is 11.2. The highest BCUT2D eigenvalue weighted by molar-refractivity contribution is 7.99. The molecular weight excluding hydrogens is 396 g/mol. The summed E-state index contributed by atoms with van der Waals surface area (Å²) >= 11 is 7.44. The molecule has 8 heteroatoms. The second-order valence-corrected chi connectivity index (χ2v) is 8.31. The Hall–Kier alpha value is -1.57. The van der Waals surface area contributed by atoms with Gasteiger partial charge in [0.05, 0.1) is 18.4 Å². The Bertz CT molecular complexity index is 771. The summed E-state index contributed by atoms with van der Waals surface area (Å²) in [5, 5.41) is 13.2. The molecule has 3 rings (SSSR count). The van der Waals surface area contributed by atoms with Gasteiger partial charge in [0.1, 0.15) is 0 Å². The zero-order valence-corrected chi connectivity index (χ0v) is 17.9. The van der Waals surface area contributed by atoms with E-state index in [9.17, 15) is 4.79 Å². The molecule has 1 aromatic carbocycles. The summed E-state index contributed by atoms with van der Waals surface area (Å²) in [7, 11) is 0. The first-order valence-electron chi connectivity index (χ1n) is 9.83. The predicted octanol–water partition coefficient (Wildman–Crippen LogP) is 4.17. The quantitative estimate of drug-likeness (QED) is 0.614. The van der Waals surface area contributed by atoms with Crippen LogP contribution in [0.5, 0.6) is 0 Å². The average molecular weight is 423 g/mol. The molecule has 1 aliphatic rings. The van der Waals surface area contributed by atoms with Gasteiger partial charge in [0.15, 0.2) is 11.0 Å². The summed E-state index contributed by atoms with van der Waals surface area (Å²) in [6.07, 6.45) is 4.12. The van der Waals surface area contributed by atoms with Crippen molar-refractivity contribution in [1.29, 1.82) is 0 Å². The molecule has 28 heavy (non-hydrogen) atoms. The summed E-state index contributed by atoms with van der Waals surface area (Å²) in [6.45, 7) is 5.64. The van der Waals surface area contributed by atoms with Crippen LogP contribution in [0.1, 0.15) is 39.5 Å². The molecule has 152 valence electrons. The molecule has 1 aliphatic heterocycles. The van der Waals surface area contributed by atoms with Gasteiger partial charge in [-0.15, -0.1) is 10.2 Å². The van der Waals surface area contributed by atoms with Crippen LogP contribution in [0.4, 0.5) is 0 Å². The largest absolute Gasteiger partial charge is 0.376 e. The maximum atomic E-state index is 12.3. The fraction of sp³-hybridized carbons (Fsp3) is 0.550. The van der Waals surface area contributed by atoms with E-state index in [1.165, 1.54) is 11.8 Å². The predicted molar refractivity (Wildman–Crippen MR) is 113 cm³/mol. The van der Waals surface area contributed by atoms with E-state index in [0.29, 0.717) is 17.3 Å². The van der Waals surface area contributed by atoms with Crippen LogP contribution in [-0.4, -0.2) is 45.2 Å². The van der Waals surface area contributed by atoms with Crippen LogP contribution in [0.15, 0.2) is 29.4 Å². The van der Waals surface area contributed by atoms with E-state index in [4.69, 9.17) is 16.3 Å². The van der Waals surface area contributed by atoms with Crippen LogP contribution < -0.4 is 5.32 Å². The van der Waals surface area contributed by atoms with E-state index in [-0.39, 0.29) is 18.1 Å². The third-order valence-electron chi connectivity index (χ3n) is 4.91. The number of aromatic nitrogens is 3.